The average Bonchev–Trinajstić information content (AvgIpc) is 3.38. The summed E-state index contributed by atoms with van der Waals surface area (Å²) in [7, 11) is 1.62. The van der Waals surface area contributed by atoms with Crippen molar-refractivity contribution in [3.05, 3.63) is 36.3 Å². The number of ether oxygens (including phenoxy) is 1. The van der Waals surface area contributed by atoms with Gasteiger partial charge in [-0.1, -0.05) is 12.1 Å². The van der Waals surface area contributed by atoms with E-state index in [-0.39, 0.29) is 36.0 Å². The molecule has 5 rings (SSSR count). The number of hydrogen-bond acceptors (Lipinski definition) is 8. The lowest BCUT2D eigenvalue weighted by molar-refractivity contribution is -0.192. The van der Waals surface area contributed by atoms with Gasteiger partial charge in [0.25, 0.3) is 0 Å². The number of aromatic hydroxyl groups is 1. The molecule has 2 aliphatic rings. The molecule has 2 heterocycles. The Balaban J connectivity index is 0.000000448. The number of pyridine rings is 1. The largest absolute Gasteiger partial charge is 0.506 e. The van der Waals surface area contributed by atoms with E-state index in [9.17, 15) is 27.1 Å². The van der Waals surface area contributed by atoms with E-state index in [0.29, 0.717) is 37.3 Å². The molecule has 0 amide bonds. The molecule has 212 valence electrons. The molecule has 2 unspecified atom stereocenters. The average molecular weight is 559 g/mol. The third-order valence-corrected chi connectivity index (χ3v) is 7.23. The predicted molar refractivity (Wildman–Crippen MR) is 127 cm³/mol. The van der Waals surface area contributed by atoms with Crippen molar-refractivity contribution >= 4 is 22.6 Å². The number of nitrogens with one attached hydrogen (secondary N) is 1. The van der Waals surface area contributed by atoms with Crippen LogP contribution in [0.3, 0.4) is 0 Å². The van der Waals surface area contributed by atoms with Gasteiger partial charge in [0.15, 0.2) is 5.82 Å². The molecule has 1 spiro atoms. The number of aromatic nitrogens is 5. The Bertz CT molecular complexity index is 1310. The number of phenolic OH excluding ortho intramolecular Hbond substituents is 1. The van der Waals surface area contributed by atoms with Crippen LogP contribution in [0.4, 0.5) is 27.6 Å². The number of benzene rings is 1. The fraction of sp³-hybridized carbons (Fsp3) is 0.542. The van der Waals surface area contributed by atoms with Gasteiger partial charge in [0.2, 0.25) is 5.92 Å². The van der Waals surface area contributed by atoms with Crippen LogP contribution in [-0.2, 0) is 16.1 Å². The zero-order valence-electron chi connectivity index (χ0n) is 20.8. The van der Waals surface area contributed by atoms with Crippen LogP contribution in [-0.4, -0.2) is 67.2 Å². The number of rotatable bonds is 7. The molecule has 0 aliphatic heterocycles. The number of hydrogen-bond donors (Lipinski definition) is 3. The zero-order valence-corrected chi connectivity index (χ0v) is 20.8. The molecule has 39 heavy (non-hydrogen) atoms. The van der Waals surface area contributed by atoms with Crippen LogP contribution < -0.4 is 5.32 Å². The van der Waals surface area contributed by atoms with E-state index in [0.717, 1.165) is 17.5 Å². The van der Waals surface area contributed by atoms with Gasteiger partial charge in [-0.15, -0.1) is 5.10 Å². The first-order valence-corrected chi connectivity index (χ1v) is 12.1. The highest BCUT2D eigenvalue weighted by Gasteiger charge is 2.61. The summed E-state index contributed by atoms with van der Waals surface area (Å²) in [5.41, 5.74) is 1.18. The van der Waals surface area contributed by atoms with Gasteiger partial charge in [-0.2, -0.15) is 13.2 Å². The van der Waals surface area contributed by atoms with Gasteiger partial charge in [0.05, 0.1) is 31.1 Å². The number of halogens is 5. The Labute approximate surface area is 219 Å². The maximum atomic E-state index is 13.8. The van der Waals surface area contributed by atoms with E-state index >= 15 is 0 Å². The van der Waals surface area contributed by atoms with E-state index in [2.05, 4.69) is 25.8 Å². The molecule has 2 saturated carbocycles. The van der Waals surface area contributed by atoms with Crippen molar-refractivity contribution in [2.75, 3.05) is 19.0 Å². The number of fused-ring (bicyclic) bond motifs is 1. The Morgan fingerprint density at radius 1 is 1.26 bits per heavy atom. The van der Waals surface area contributed by atoms with Gasteiger partial charge in [-0.3, -0.25) is 4.98 Å². The van der Waals surface area contributed by atoms with Crippen LogP contribution in [0.2, 0.25) is 0 Å². The van der Waals surface area contributed by atoms with Crippen molar-refractivity contribution in [1.82, 2.24) is 25.2 Å². The molecule has 2 fully saturated rings. The van der Waals surface area contributed by atoms with Gasteiger partial charge in [-0.25, -0.2) is 18.3 Å². The number of carbonyl (C=O) groups is 1. The number of aliphatic carboxylic acids is 1. The van der Waals surface area contributed by atoms with Crippen molar-refractivity contribution in [2.45, 2.75) is 56.8 Å². The molecule has 2 atom stereocenters. The first kappa shape index (κ1) is 28.4. The molecule has 2 aromatic heterocycles. The van der Waals surface area contributed by atoms with Crippen LogP contribution >= 0.6 is 0 Å². The van der Waals surface area contributed by atoms with Crippen molar-refractivity contribution in [1.29, 1.82) is 0 Å². The maximum absolute atomic E-state index is 13.8. The van der Waals surface area contributed by atoms with Gasteiger partial charge in [0.1, 0.15) is 11.3 Å². The summed E-state index contributed by atoms with van der Waals surface area (Å²) in [6, 6.07) is 6.92. The summed E-state index contributed by atoms with van der Waals surface area (Å²) in [6.45, 7) is 0.961. The second kappa shape index (κ2) is 10.9. The standard InChI is InChI=1S/C22H26F2N6O2.C2HF3O2/c1-32-10-9-30-20(27-28-29-30)19(16-12-21(16)5-7-22(23,24)8-6-21)26-15-11-14-3-2-4-17(31)18(14)25-13-15;3-2(4,5)1(6)7/h2-4,11,13,16,19,26,31H,5-10,12H2,1H3;(H,6,7). The zero-order chi connectivity index (χ0) is 28.4. The Morgan fingerprint density at radius 2 is 1.95 bits per heavy atom. The first-order valence-electron chi connectivity index (χ1n) is 12.1. The summed E-state index contributed by atoms with van der Waals surface area (Å²) >= 11 is 0. The van der Waals surface area contributed by atoms with Crippen LogP contribution in [0, 0.1) is 11.3 Å². The maximum Gasteiger partial charge on any atom is 0.490 e. The van der Waals surface area contributed by atoms with Crippen molar-refractivity contribution in [3.63, 3.8) is 0 Å². The van der Waals surface area contributed by atoms with E-state index in [1.165, 1.54) is 0 Å². The molecule has 0 radical (unpaired) electrons. The van der Waals surface area contributed by atoms with Crippen molar-refractivity contribution in [2.24, 2.45) is 11.3 Å². The minimum absolute atomic E-state index is 0.0678. The number of tetrazole rings is 1. The number of carboxylic acid groups (broad SMARTS) is 1. The molecule has 2 aliphatic carbocycles. The van der Waals surface area contributed by atoms with Crippen molar-refractivity contribution in [3.8, 4) is 5.75 Å². The lowest BCUT2D eigenvalue weighted by atomic mass is 9.81. The third-order valence-electron chi connectivity index (χ3n) is 7.23. The molecule has 10 nitrogen and oxygen atoms in total. The second-order valence-corrected chi connectivity index (χ2v) is 9.78. The molecule has 0 saturated heterocycles. The number of carboxylic acids is 1. The summed E-state index contributed by atoms with van der Waals surface area (Å²) in [4.78, 5) is 13.3. The van der Waals surface area contributed by atoms with Crippen molar-refractivity contribution < 1.29 is 41.7 Å². The van der Waals surface area contributed by atoms with Crippen LogP contribution in [0.25, 0.3) is 10.9 Å². The Hall–Kier alpha value is -3.62. The molecule has 0 bridgehead atoms. The summed E-state index contributed by atoms with van der Waals surface area (Å²) < 4.78 is 66.3. The number of nitrogens with zero attached hydrogens (tertiary/aromatic N) is 5. The smallest absolute Gasteiger partial charge is 0.490 e. The SMILES string of the molecule is COCCn1nnnc1C(Nc1cnc2c(O)cccc2c1)C1CC12CCC(F)(F)CC2.O=C(O)C(F)(F)F. The first-order chi connectivity index (χ1) is 18.3. The minimum Gasteiger partial charge on any atom is -0.506 e. The molecule has 3 N–H and O–H groups in total. The normalized spacial score (nSPS) is 20.2. The molecular formula is C24H27F5N6O4. The summed E-state index contributed by atoms with van der Waals surface area (Å²) in [6.07, 6.45) is -1.68. The Kier molecular flexibility index (Phi) is 7.91. The number of alkyl halides is 5. The number of methoxy groups -OCH3 is 1. The van der Waals surface area contributed by atoms with E-state index < -0.39 is 18.1 Å². The van der Waals surface area contributed by atoms with Crippen LogP contribution in [0.15, 0.2) is 30.5 Å². The molecule has 1 aromatic carbocycles. The predicted octanol–water partition coefficient (Wildman–Crippen LogP) is 4.58. The monoisotopic (exact) mass is 558 g/mol. The van der Waals surface area contributed by atoms with E-state index in [4.69, 9.17) is 14.6 Å². The van der Waals surface area contributed by atoms with E-state index in [1.54, 1.807) is 30.1 Å². The number of para-hydroxylation sites is 1. The lowest BCUT2D eigenvalue weighted by Gasteiger charge is -2.31. The van der Waals surface area contributed by atoms with Gasteiger partial charge >= 0.3 is 12.1 Å². The highest BCUT2D eigenvalue weighted by molar-refractivity contribution is 5.86. The lowest BCUT2D eigenvalue weighted by Crippen LogP contribution is -2.29. The number of anilines is 1. The topological polar surface area (TPSA) is 135 Å². The van der Waals surface area contributed by atoms with Crippen LogP contribution in [0.1, 0.15) is 44.0 Å². The number of phenols is 1. The molecular weight excluding hydrogens is 531 g/mol. The summed E-state index contributed by atoms with van der Waals surface area (Å²) in [5, 5.41) is 33.7. The summed E-state index contributed by atoms with van der Waals surface area (Å²) in [5.74, 6) is -4.39. The van der Waals surface area contributed by atoms with Gasteiger partial charge in [0, 0.05) is 25.3 Å². The second-order valence-electron chi connectivity index (χ2n) is 9.78. The highest BCUT2D eigenvalue weighted by atomic mass is 19.4. The molecule has 15 heteroatoms. The van der Waals surface area contributed by atoms with Crippen LogP contribution in [0.5, 0.6) is 5.75 Å². The van der Waals surface area contributed by atoms with Gasteiger partial charge < -0.3 is 20.3 Å². The fourth-order valence-electron chi connectivity index (χ4n) is 5.06. The highest BCUT2D eigenvalue weighted by Crippen LogP contribution is 2.67. The quantitative estimate of drug-likeness (QED) is 0.356. The fourth-order valence-corrected chi connectivity index (χ4v) is 5.06. The third kappa shape index (κ3) is 6.52. The van der Waals surface area contributed by atoms with Gasteiger partial charge in [-0.05, 0) is 53.2 Å². The van der Waals surface area contributed by atoms with E-state index in [1.807, 2.05) is 12.1 Å². The minimum atomic E-state index is -5.08. The Morgan fingerprint density at radius 3 is 2.59 bits per heavy atom. The molecule has 3 aromatic rings.